The molecule has 4 aliphatic rings. The first-order valence-electron chi connectivity index (χ1n) is 16.6. The highest BCUT2D eigenvalue weighted by molar-refractivity contribution is 5.67. The fourth-order valence-electron chi connectivity index (χ4n) is 10.8. The van der Waals surface area contributed by atoms with Crippen molar-refractivity contribution in [1.29, 1.82) is 0 Å². The van der Waals surface area contributed by atoms with Gasteiger partial charge in [0.25, 0.3) is 0 Å². The number of fused-ring (bicyclic) bond motifs is 4. The molecule has 0 spiro atoms. The van der Waals surface area contributed by atoms with Crippen LogP contribution < -0.4 is 0 Å². The summed E-state index contributed by atoms with van der Waals surface area (Å²) in [6, 6.07) is 0. The Kier molecular flexibility index (Phi) is 8.86. The highest BCUT2D eigenvalue weighted by Gasteiger charge is 2.63. The molecule has 0 radical (unpaired) electrons. The SMILES string of the molecule is CC(=O)OC(CCC(C)C1CC[C@@]2(C)C3=C(CC[C@]12C)[C@@]1(C)CC[C@H](OC(C)=O)C(C)(C)[C@@H]1CC3)C(C)(C)OC(C)=O. The molecule has 0 N–H and O–H groups in total. The second-order valence-electron chi connectivity index (χ2n) is 16.2. The van der Waals surface area contributed by atoms with E-state index in [0.29, 0.717) is 24.2 Å². The van der Waals surface area contributed by atoms with Gasteiger partial charge in [0.15, 0.2) is 0 Å². The Hall–Kier alpha value is -1.85. The maximum absolute atomic E-state index is 11.9. The predicted molar refractivity (Wildman–Crippen MR) is 164 cm³/mol. The first-order valence-corrected chi connectivity index (χ1v) is 16.6. The molecule has 0 aromatic rings. The third-order valence-electron chi connectivity index (χ3n) is 13.1. The molecule has 0 heterocycles. The lowest BCUT2D eigenvalue weighted by Crippen LogP contribution is -2.55. The smallest absolute Gasteiger partial charge is 0.303 e. The number of ether oxygens (including phenoxy) is 3. The summed E-state index contributed by atoms with van der Waals surface area (Å²) in [6.45, 7) is 22.8. The minimum Gasteiger partial charge on any atom is -0.462 e. The molecular weight excluding hydrogens is 528 g/mol. The Balaban J connectivity index is 1.56. The number of rotatable bonds is 8. The molecule has 0 aliphatic heterocycles. The lowest BCUT2D eigenvalue weighted by molar-refractivity contribution is -0.179. The number of hydrogen-bond acceptors (Lipinski definition) is 6. The van der Waals surface area contributed by atoms with Crippen molar-refractivity contribution in [2.45, 2.75) is 158 Å². The molecule has 6 heteroatoms. The van der Waals surface area contributed by atoms with E-state index in [9.17, 15) is 14.4 Å². The normalized spacial score (nSPS) is 37.1. The number of carbonyl (C=O) groups is 3. The molecular formula is C36H58O6. The first kappa shape index (κ1) is 33.1. The summed E-state index contributed by atoms with van der Waals surface area (Å²) in [4.78, 5) is 35.6. The van der Waals surface area contributed by atoms with Crippen LogP contribution in [-0.2, 0) is 28.6 Å². The molecule has 4 rings (SSSR count). The van der Waals surface area contributed by atoms with Crippen LogP contribution >= 0.6 is 0 Å². The van der Waals surface area contributed by atoms with E-state index in [0.717, 1.165) is 25.7 Å². The van der Waals surface area contributed by atoms with Crippen LogP contribution in [0.2, 0.25) is 0 Å². The van der Waals surface area contributed by atoms with Crippen LogP contribution in [0.15, 0.2) is 11.1 Å². The van der Waals surface area contributed by atoms with E-state index in [1.807, 2.05) is 13.8 Å². The standard InChI is InChI=1S/C36H58O6/c1-22(12-15-31(41-24(3)38)33(7,8)42-25(4)39)26-16-20-36(11)28-13-14-29-32(5,6)30(40-23(2)37)18-19-34(29,9)27(28)17-21-35(26,36)10/h22,26,29-31H,12-21H2,1-11H3/t22?,26?,29-,30-,31?,34+,35+,36-/m0/s1. The molecule has 3 unspecified atom stereocenters. The third kappa shape index (κ3) is 5.47. The molecule has 0 bridgehead atoms. The summed E-state index contributed by atoms with van der Waals surface area (Å²) in [5.41, 5.74) is 3.16. The van der Waals surface area contributed by atoms with Crippen molar-refractivity contribution in [2.75, 3.05) is 0 Å². The molecule has 8 atom stereocenters. The monoisotopic (exact) mass is 586 g/mol. The lowest BCUT2D eigenvalue weighted by atomic mass is 9.43. The Morgan fingerprint density at radius 1 is 0.833 bits per heavy atom. The van der Waals surface area contributed by atoms with Crippen LogP contribution in [0.1, 0.15) is 140 Å². The zero-order valence-corrected chi connectivity index (χ0v) is 28.4. The molecule has 4 aliphatic carbocycles. The van der Waals surface area contributed by atoms with E-state index in [1.165, 1.54) is 46.0 Å². The van der Waals surface area contributed by atoms with Gasteiger partial charge in [0.1, 0.15) is 17.8 Å². The largest absolute Gasteiger partial charge is 0.462 e. The molecule has 6 nitrogen and oxygen atoms in total. The fraction of sp³-hybridized carbons (Fsp3) is 0.861. The maximum Gasteiger partial charge on any atom is 0.303 e. The van der Waals surface area contributed by atoms with Gasteiger partial charge in [-0.25, -0.2) is 0 Å². The molecule has 0 aromatic carbocycles. The average Bonchev–Trinajstić information content (AvgIpc) is 3.13. The number of esters is 3. The number of allylic oxidation sites excluding steroid dienone is 2. The lowest BCUT2D eigenvalue weighted by Gasteiger charge is -2.62. The highest BCUT2D eigenvalue weighted by atomic mass is 16.6. The van der Waals surface area contributed by atoms with E-state index < -0.39 is 11.7 Å². The molecule has 0 aromatic heterocycles. The van der Waals surface area contributed by atoms with Gasteiger partial charge in [-0.1, -0.05) is 52.7 Å². The van der Waals surface area contributed by atoms with Crippen LogP contribution in [0.4, 0.5) is 0 Å². The van der Waals surface area contributed by atoms with Crippen LogP contribution in [0.5, 0.6) is 0 Å². The van der Waals surface area contributed by atoms with E-state index in [2.05, 4.69) is 41.5 Å². The minimum absolute atomic E-state index is 0.00184. The first-order chi connectivity index (χ1) is 19.3. The van der Waals surface area contributed by atoms with Gasteiger partial charge in [-0.3, -0.25) is 14.4 Å². The summed E-state index contributed by atoms with van der Waals surface area (Å²) in [5.74, 6) is 0.720. The van der Waals surface area contributed by atoms with Crippen molar-refractivity contribution >= 4 is 17.9 Å². The van der Waals surface area contributed by atoms with Gasteiger partial charge in [0, 0.05) is 26.2 Å². The maximum atomic E-state index is 11.9. The van der Waals surface area contributed by atoms with E-state index in [1.54, 1.807) is 18.1 Å². The predicted octanol–water partition coefficient (Wildman–Crippen LogP) is 8.36. The molecule has 0 saturated heterocycles. The third-order valence-corrected chi connectivity index (χ3v) is 13.1. The van der Waals surface area contributed by atoms with Gasteiger partial charge < -0.3 is 14.2 Å². The average molecular weight is 587 g/mol. The van der Waals surface area contributed by atoms with Crippen molar-refractivity contribution in [1.82, 2.24) is 0 Å². The van der Waals surface area contributed by atoms with Gasteiger partial charge in [0.2, 0.25) is 0 Å². The van der Waals surface area contributed by atoms with E-state index >= 15 is 0 Å². The van der Waals surface area contributed by atoms with Gasteiger partial charge >= 0.3 is 17.9 Å². The van der Waals surface area contributed by atoms with Crippen LogP contribution in [0.3, 0.4) is 0 Å². The summed E-state index contributed by atoms with van der Waals surface area (Å²) in [5, 5.41) is 0. The molecule has 42 heavy (non-hydrogen) atoms. The quantitative estimate of drug-likeness (QED) is 0.162. The van der Waals surface area contributed by atoms with Crippen molar-refractivity contribution in [3.8, 4) is 0 Å². The zero-order chi connectivity index (χ0) is 31.5. The van der Waals surface area contributed by atoms with Gasteiger partial charge in [0.05, 0.1) is 0 Å². The molecule has 0 amide bonds. The summed E-state index contributed by atoms with van der Waals surface area (Å²) in [6.07, 6.45) is 10.3. The van der Waals surface area contributed by atoms with Crippen LogP contribution in [-0.4, -0.2) is 35.7 Å². The molecule has 2 fully saturated rings. The van der Waals surface area contributed by atoms with E-state index in [4.69, 9.17) is 14.2 Å². The van der Waals surface area contributed by atoms with Gasteiger partial charge in [-0.2, -0.15) is 0 Å². The molecule has 238 valence electrons. The van der Waals surface area contributed by atoms with Crippen molar-refractivity contribution in [3.05, 3.63) is 11.1 Å². The van der Waals surface area contributed by atoms with Crippen LogP contribution in [0, 0.1) is 39.4 Å². The van der Waals surface area contributed by atoms with Crippen molar-refractivity contribution in [2.24, 2.45) is 39.4 Å². The molecule has 2 saturated carbocycles. The Labute approximate surface area is 255 Å². The highest BCUT2D eigenvalue weighted by Crippen LogP contribution is 2.72. The Morgan fingerprint density at radius 3 is 2.10 bits per heavy atom. The van der Waals surface area contributed by atoms with Gasteiger partial charge in [-0.15, -0.1) is 0 Å². The minimum atomic E-state index is -0.869. The van der Waals surface area contributed by atoms with Crippen molar-refractivity contribution < 1.29 is 28.6 Å². The van der Waals surface area contributed by atoms with E-state index in [-0.39, 0.29) is 45.7 Å². The Morgan fingerprint density at radius 2 is 1.50 bits per heavy atom. The summed E-state index contributed by atoms with van der Waals surface area (Å²) >= 11 is 0. The van der Waals surface area contributed by atoms with Crippen molar-refractivity contribution in [3.63, 3.8) is 0 Å². The number of hydrogen-bond donors (Lipinski definition) is 0. The summed E-state index contributed by atoms with van der Waals surface area (Å²) in [7, 11) is 0. The van der Waals surface area contributed by atoms with Gasteiger partial charge in [-0.05, 0) is 112 Å². The second-order valence-corrected chi connectivity index (χ2v) is 16.2. The topological polar surface area (TPSA) is 78.9 Å². The fourth-order valence-corrected chi connectivity index (χ4v) is 10.8. The summed E-state index contributed by atoms with van der Waals surface area (Å²) < 4.78 is 17.2. The van der Waals surface area contributed by atoms with Crippen LogP contribution in [0.25, 0.3) is 0 Å². The zero-order valence-electron chi connectivity index (χ0n) is 28.4. The second kappa shape index (κ2) is 11.3. The number of carbonyl (C=O) groups excluding carboxylic acids is 3. The Bertz CT molecular complexity index is 1120.